The first-order valence-electron chi connectivity index (χ1n) is 11.2. The van der Waals surface area contributed by atoms with Crippen LogP contribution in [0.2, 0.25) is 0 Å². The van der Waals surface area contributed by atoms with Gasteiger partial charge in [0.1, 0.15) is 17.1 Å². The molecule has 39 heavy (non-hydrogen) atoms. The van der Waals surface area contributed by atoms with Gasteiger partial charge in [-0.05, 0) is 43.0 Å². The highest BCUT2D eigenvalue weighted by atomic mass is 32.1. The fourth-order valence-corrected chi connectivity index (χ4v) is 3.89. The molecule has 1 amide bonds. The summed E-state index contributed by atoms with van der Waals surface area (Å²) >= 11 is 1.05. The number of hydrogen-bond donors (Lipinski definition) is 3. The number of aromatic amines is 1. The molecule has 4 aromatic heterocycles. The van der Waals surface area contributed by atoms with Crippen molar-refractivity contribution in [3.8, 4) is 28.7 Å². The van der Waals surface area contributed by atoms with Gasteiger partial charge in [0.15, 0.2) is 5.01 Å². The molecule has 4 N–H and O–H groups in total. The Morgan fingerprint density at radius 2 is 2.03 bits per heavy atom. The molecule has 0 unspecified atom stereocenters. The lowest BCUT2D eigenvalue weighted by molar-refractivity contribution is 0.102. The van der Waals surface area contributed by atoms with Gasteiger partial charge in [-0.1, -0.05) is 11.3 Å². The summed E-state index contributed by atoms with van der Waals surface area (Å²) in [6.07, 6.45) is 2.60. The number of methoxy groups -OCH3 is 1. The van der Waals surface area contributed by atoms with Gasteiger partial charge >= 0.3 is 0 Å². The van der Waals surface area contributed by atoms with Gasteiger partial charge < -0.3 is 10.5 Å². The minimum atomic E-state index is -2.84. The van der Waals surface area contributed by atoms with Crippen molar-refractivity contribution in [2.75, 3.05) is 19.5 Å². The molecule has 0 aliphatic heterocycles. The predicted molar refractivity (Wildman–Crippen MR) is 143 cm³/mol. The van der Waals surface area contributed by atoms with E-state index in [4.69, 9.17) is 10.5 Å². The van der Waals surface area contributed by atoms with Crippen molar-refractivity contribution >= 4 is 34.3 Å². The summed E-state index contributed by atoms with van der Waals surface area (Å²) in [6.45, 7) is 1.85. The van der Waals surface area contributed by atoms with Crippen molar-refractivity contribution in [3.63, 3.8) is 0 Å². The number of amides is 1. The maximum atomic E-state index is 13.5. The van der Waals surface area contributed by atoms with Crippen molar-refractivity contribution in [1.29, 1.82) is 0 Å². The minimum Gasteiger partial charge on any atom is -0.494 e. The zero-order valence-corrected chi connectivity index (χ0v) is 21.7. The Balaban J connectivity index is 1.72. The second-order valence-electron chi connectivity index (χ2n) is 7.81. The number of nitrogens with two attached hydrogens (primary N) is 1. The summed E-state index contributed by atoms with van der Waals surface area (Å²) in [6, 6.07) is 4.43. The van der Waals surface area contributed by atoms with E-state index >= 15 is 0 Å². The van der Waals surface area contributed by atoms with Gasteiger partial charge in [0, 0.05) is 36.3 Å². The number of carbonyl (C=O) groups excluding carboxylic acids is 1. The molecule has 0 saturated carbocycles. The Kier molecular flexibility index (Phi) is 8.32. The maximum absolute atomic E-state index is 13.5. The van der Waals surface area contributed by atoms with Crippen LogP contribution in [-0.4, -0.2) is 56.6 Å². The molecule has 4 rings (SSSR count). The summed E-state index contributed by atoms with van der Waals surface area (Å²) in [7, 11) is 2.94. The molecule has 198 valence electrons. The predicted octanol–water partition coefficient (Wildman–Crippen LogP) is 3.63. The third-order valence-corrected chi connectivity index (χ3v) is 5.87. The Bertz CT molecular complexity index is 1630. The SMILES string of the molecule is CN=C/C=C(\N)c1cc(-c2cc(C(F)F)ncc2OC)c(C(=O)Nc2nnc(C#Cc3cc(C)[nH]n3)s2)cn1. The second kappa shape index (κ2) is 12.0. The molecule has 4 heterocycles. The second-order valence-corrected chi connectivity index (χ2v) is 8.78. The number of hydrogen-bond acceptors (Lipinski definition) is 10. The Hall–Kier alpha value is -5.03. The van der Waals surface area contributed by atoms with E-state index in [1.165, 1.54) is 31.7 Å². The molecule has 0 aliphatic rings. The highest BCUT2D eigenvalue weighted by Gasteiger charge is 2.22. The van der Waals surface area contributed by atoms with Gasteiger partial charge in [-0.2, -0.15) is 5.10 Å². The number of rotatable bonds is 7. The first-order valence-corrected chi connectivity index (χ1v) is 12.0. The fraction of sp³-hybridized carbons (Fsp3) is 0.160. The van der Waals surface area contributed by atoms with E-state index < -0.39 is 18.0 Å². The lowest BCUT2D eigenvalue weighted by Gasteiger charge is -2.15. The standard InChI is InChI=1S/C25H21F2N9O2S/c1-13-8-14(34-33-13)4-5-22-35-36-25(39-22)32-24(37)17-11-30-19(18(28)6-7-29-2)9-15(17)16-10-20(23(26)27)31-12-21(16)38-3/h6-12,23H,28H2,1-3H3,(H,33,34)(H,32,36,37)/b18-6-,29-7?. The number of alkyl halides is 2. The highest BCUT2D eigenvalue weighted by molar-refractivity contribution is 7.15. The lowest BCUT2D eigenvalue weighted by atomic mass is 9.98. The Labute approximate surface area is 225 Å². The number of allylic oxidation sites excluding steroid dienone is 1. The summed E-state index contributed by atoms with van der Waals surface area (Å²) in [5.41, 5.74) is 8.05. The number of aryl methyl sites for hydroxylation is 1. The Morgan fingerprint density at radius 3 is 2.72 bits per heavy atom. The van der Waals surface area contributed by atoms with Crippen LogP contribution in [0.5, 0.6) is 5.75 Å². The number of aliphatic imine (C=N–C) groups is 1. The topological polar surface area (TPSA) is 157 Å². The number of aromatic nitrogens is 6. The molecule has 0 aromatic carbocycles. The van der Waals surface area contributed by atoms with E-state index in [1.807, 2.05) is 6.92 Å². The van der Waals surface area contributed by atoms with E-state index in [-0.39, 0.29) is 33.3 Å². The van der Waals surface area contributed by atoms with Crippen LogP contribution in [0, 0.1) is 18.8 Å². The molecule has 4 aromatic rings. The normalized spacial score (nSPS) is 11.5. The van der Waals surface area contributed by atoms with Gasteiger partial charge in [0.05, 0.1) is 30.3 Å². The van der Waals surface area contributed by atoms with Crippen molar-refractivity contribution in [2.24, 2.45) is 10.7 Å². The number of nitrogens with zero attached hydrogens (tertiary/aromatic N) is 6. The number of anilines is 1. The third kappa shape index (κ3) is 6.46. The largest absolute Gasteiger partial charge is 0.494 e. The molecule has 0 fully saturated rings. The molecular formula is C25H21F2N9O2S. The number of pyridine rings is 2. The van der Waals surface area contributed by atoms with Gasteiger partial charge in [0.2, 0.25) is 5.13 Å². The van der Waals surface area contributed by atoms with E-state index in [0.717, 1.165) is 29.3 Å². The first kappa shape index (κ1) is 27.0. The average molecular weight is 550 g/mol. The van der Waals surface area contributed by atoms with Gasteiger partial charge in [-0.15, -0.1) is 10.2 Å². The molecule has 14 heteroatoms. The van der Waals surface area contributed by atoms with E-state index in [9.17, 15) is 13.6 Å². The number of carbonyl (C=O) groups is 1. The van der Waals surface area contributed by atoms with E-state index in [2.05, 4.69) is 52.5 Å². The summed E-state index contributed by atoms with van der Waals surface area (Å²) in [5, 5.41) is 17.9. The monoisotopic (exact) mass is 549 g/mol. The number of ether oxygens (including phenoxy) is 1. The van der Waals surface area contributed by atoms with Crippen molar-refractivity contribution < 1.29 is 18.3 Å². The highest BCUT2D eigenvalue weighted by Crippen LogP contribution is 2.35. The fourth-order valence-electron chi connectivity index (χ4n) is 3.30. The van der Waals surface area contributed by atoms with Crippen molar-refractivity contribution in [2.45, 2.75) is 13.3 Å². The molecule has 0 saturated heterocycles. The third-order valence-electron chi connectivity index (χ3n) is 5.12. The first-order chi connectivity index (χ1) is 18.8. The summed E-state index contributed by atoms with van der Waals surface area (Å²) < 4.78 is 32.3. The van der Waals surface area contributed by atoms with Crippen LogP contribution in [-0.2, 0) is 0 Å². The number of nitrogens with one attached hydrogen (secondary N) is 2. The van der Waals surface area contributed by atoms with Crippen molar-refractivity contribution in [3.05, 3.63) is 70.0 Å². The number of halogens is 2. The Morgan fingerprint density at radius 1 is 1.21 bits per heavy atom. The zero-order chi connectivity index (χ0) is 27.9. The van der Waals surface area contributed by atoms with Crippen LogP contribution >= 0.6 is 11.3 Å². The smallest absolute Gasteiger partial charge is 0.280 e. The summed E-state index contributed by atoms with van der Waals surface area (Å²) in [5.74, 6) is 5.25. The van der Waals surface area contributed by atoms with Crippen LogP contribution in [0.25, 0.3) is 16.8 Å². The maximum Gasteiger partial charge on any atom is 0.280 e. The van der Waals surface area contributed by atoms with Crippen LogP contribution in [0.15, 0.2) is 41.7 Å². The minimum absolute atomic E-state index is 0.0512. The van der Waals surface area contributed by atoms with E-state index in [1.54, 1.807) is 13.1 Å². The van der Waals surface area contributed by atoms with Crippen LogP contribution in [0.3, 0.4) is 0 Å². The molecule has 0 bridgehead atoms. The molecule has 0 aliphatic carbocycles. The van der Waals surface area contributed by atoms with Gasteiger partial charge in [-0.25, -0.2) is 8.78 Å². The quantitative estimate of drug-likeness (QED) is 0.233. The average Bonchev–Trinajstić information content (AvgIpc) is 3.57. The van der Waals surface area contributed by atoms with Crippen LogP contribution < -0.4 is 15.8 Å². The van der Waals surface area contributed by atoms with Gasteiger partial charge in [-0.3, -0.25) is 30.2 Å². The lowest BCUT2D eigenvalue weighted by Crippen LogP contribution is -2.15. The molecule has 0 atom stereocenters. The van der Waals surface area contributed by atoms with Gasteiger partial charge in [0.25, 0.3) is 12.3 Å². The van der Waals surface area contributed by atoms with Crippen LogP contribution in [0.1, 0.15) is 44.6 Å². The summed E-state index contributed by atoms with van der Waals surface area (Å²) in [4.78, 5) is 25.2. The zero-order valence-electron chi connectivity index (χ0n) is 20.9. The molecule has 0 radical (unpaired) electrons. The van der Waals surface area contributed by atoms with Crippen molar-refractivity contribution in [1.82, 2.24) is 30.4 Å². The van der Waals surface area contributed by atoms with E-state index in [0.29, 0.717) is 16.4 Å². The number of H-pyrrole nitrogens is 1. The molecular weight excluding hydrogens is 528 g/mol. The molecule has 11 nitrogen and oxygen atoms in total. The molecule has 0 spiro atoms. The van der Waals surface area contributed by atoms with Crippen LogP contribution in [0.4, 0.5) is 13.9 Å².